The fraction of sp³-hybridized carbons (Fsp3) is 0.0400. The summed E-state index contributed by atoms with van der Waals surface area (Å²) < 4.78 is 2.30. The minimum atomic E-state index is 1.15. The van der Waals surface area contributed by atoms with Crippen molar-refractivity contribution < 1.29 is 0 Å². The van der Waals surface area contributed by atoms with Crippen LogP contribution in [0.4, 0.5) is 17.1 Å². The molecule has 0 aliphatic heterocycles. The van der Waals surface area contributed by atoms with Gasteiger partial charge in [0.2, 0.25) is 0 Å². The summed E-state index contributed by atoms with van der Waals surface area (Å²) in [5, 5.41) is 2.57. The fourth-order valence-electron chi connectivity index (χ4n) is 3.98. The van der Waals surface area contributed by atoms with Crippen molar-refractivity contribution in [2.45, 2.75) is 0 Å². The lowest BCUT2D eigenvalue weighted by Gasteiger charge is -2.26. The summed E-state index contributed by atoms with van der Waals surface area (Å²) in [7, 11) is 2.16. The Morgan fingerprint density at radius 1 is 0.556 bits per heavy atom. The maximum atomic E-state index is 2.33. The van der Waals surface area contributed by atoms with Crippen molar-refractivity contribution in [2.75, 3.05) is 4.90 Å². The third-order valence-corrected chi connectivity index (χ3v) is 5.18. The number of anilines is 3. The van der Waals surface area contributed by atoms with Gasteiger partial charge in [0.1, 0.15) is 0 Å². The van der Waals surface area contributed by atoms with Crippen molar-refractivity contribution >= 4 is 38.9 Å². The van der Waals surface area contributed by atoms with Crippen molar-refractivity contribution in [1.82, 2.24) is 4.57 Å². The monoisotopic (exact) mass is 348 g/mol. The first kappa shape index (κ1) is 15.7. The van der Waals surface area contributed by atoms with Gasteiger partial charge in [-0.15, -0.1) is 0 Å². The van der Waals surface area contributed by atoms with Gasteiger partial charge in [0.15, 0.2) is 0 Å². The molecule has 0 aliphatic carbocycles. The second-order valence-corrected chi connectivity index (χ2v) is 6.76. The molecule has 2 heteroatoms. The number of hydrogen-bond acceptors (Lipinski definition) is 1. The van der Waals surface area contributed by atoms with Gasteiger partial charge in [-0.3, -0.25) is 0 Å². The Labute approximate surface area is 158 Å². The quantitative estimate of drug-likeness (QED) is 0.348. The Balaban J connectivity index is 1.86. The van der Waals surface area contributed by atoms with Crippen LogP contribution in [0.1, 0.15) is 0 Å². The van der Waals surface area contributed by atoms with E-state index in [2.05, 4.69) is 120 Å². The molecule has 5 rings (SSSR count). The van der Waals surface area contributed by atoms with Crippen LogP contribution in [0.25, 0.3) is 21.8 Å². The van der Waals surface area contributed by atoms with Gasteiger partial charge in [-0.25, -0.2) is 0 Å². The Morgan fingerprint density at radius 2 is 1.11 bits per heavy atom. The average molecular weight is 348 g/mol. The highest BCUT2D eigenvalue weighted by atomic mass is 15.2. The van der Waals surface area contributed by atoms with E-state index in [1.807, 2.05) is 0 Å². The van der Waals surface area contributed by atoms with Gasteiger partial charge in [-0.05, 0) is 36.4 Å². The molecule has 0 atom stereocenters. The molecule has 2 nitrogen and oxygen atoms in total. The minimum Gasteiger partial charge on any atom is -0.342 e. The molecule has 0 amide bonds. The normalized spacial score (nSPS) is 11.1. The van der Waals surface area contributed by atoms with Crippen molar-refractivity contribution in [1.29, 1.82) is 0 Å². The minimum absolute atomic E-state index is 1.15. The van der Waals surface area contributed by atoms with Gasteiger partial charge in [0, 0.05) is 34.7 Å². The standard InChI is InChI=1S/C25H20N2/c1-26-23-17-9-8-15-21(23)22-16-10-18-24(25(22)26)27(19-11-4-2-5-12-19)20-13-6-3-7-14-20/h2-18H,1H3. The summed E-state index contributed by atoms with van der Waals surface area (Å²) in [6.45, 7) is 0. The fourth-order valence-corrected chi connectivity index (χ4v) is 3.98. The van der Waals surface area contributed by atoms with E-state index in [0.29, 0.717) is 0 Å². The van der Waals surface area contributed by atoms with Gasteiger partial charge in [0.05, 0.1) is 11.2 Å². The van der Waals surface area contributed by atoms with Gasteiger partial charge in [0.25, 0.3) is 0 Å². The molecule has 0 aliphatic rings. The third kappa shape index (κ3) is 2.49. The van der Waals surface area contributed by atoms with Crippen LogP contribution >= 0.6 is 0 Å². The molecule has 0 spiro atoms. The molecule has 27 heavy (non-hydrogen) atoms. The zero-order valence-corrected chi connectivity index (χ0v) is 15.2. The van der Waals surface area contributed by atoms with Gasteiger partial charge in [-0.1, -0.05) is 66.7 Å². The third-order valence-electron chi connectivity index (χ3n) is 5.18. The smallest absolute Gasteiger partial charge is 0.0733 e. The molecule has 0 bridgehead atoms. The van der Waals surface area contributed by atoms with Crippen molar-refractivity contribution in [3.63, 3.8) is 0 Å². The first-order chi connectivity index (χ1) is 13.3. The van der Waals surface area contributed by atoms with Crippen LogP contribution in [0.15, 0.2) is 103 Å². The van der Waals surface area contributed by atoms with Crippen LogP contribution in [-0.2, 0) is 7.05 Å². The number of aryl methyl sites for hydroxylation is 1. The Kier molecular flexibility index (Phi) is 3.68. The molecule has 5 aromatic rings. The van der Waals surface area contributed by atoms with Gasteiger partial charge in [-0.2, -0.15) is 0 Å². The first-order valence-corrected chi connectivity index (χ1v) is 9.21. The van der Waals surface area contributed by atoms with E-state index in [1.54, 1.807) is 0 Å². The van der Waals surface area contributed by atoms with Gasteiger partial charge >= 0.3 is 0 Å². The summed E-state index contributed by atoms with van der Waals surface area (Å²) in [4.78, 5) is 2.33. The number of para-hydroxylation sites is 4. The number of aromatic nitrogens is 1. The molecule has 0 fully saturated rings. The lowest BCUT2D eigenvalue weighted by Crippen LogP contribution is -2.11. The predicted octanol–water partition coefficient (Wildman–Crippen LogP) is 6.80. The van der Waals surface area contributed by atoms with E-state index >= 15 is 0 Å². The number of nitrogens with zero attached hydrogens (tertiary/aromatic N) is 2. The highest BCUT2D eigenvalue weighted by molar-refractivity contribution is 6.13. The van der Waals surface area contributed by atoms with Crippen molar-refractivity contribution in [3.05, 3.63) is 103 Å². The Hall–Kier alpha value is -3.52. The Bertz CT molecular complexity index is 1180. The highest BCUT2D eigenvalue weighted by Gasteiger charge is 2.18. The second kappa shape index (κ2) is 6.33. The SMILES string of the molecule is Cn1c2ccccc2c2cccc(N(c3ccccc3)c3ccccc3)c21. The topological polar surface area (TPSA) is 8.17 Å². The maximum absolute atomic E-state index is 2.33. The average Bonchev–Trinajstić information content (AvgIpc) is 3.03. The van der Waals surface area contributed by atoms with Crippen LogP contribution in [0.5, 0.6) is 0 Å². The first-order valence-electron chi connectivity index (χ1n) is 9.21. The van der Waals surface area contributed by atoms with E-state index in [0.717, 1.165) is 11.4 Å². The zero-order chi connectivity index (χ0) is 18.2. The predicted molar refractivity (Wildman–Crippen MR) is 115 cm³/mol. The van der Waals surface area contributed by atoms with Crippen LogP contribution in [0.3, 0.4) is 0 Å². The molecule has 0 saturated carbocycles. The molecule has 130 valence electrons. The van der Waals surface area contributed by atoms with Crippen LogP contribution in [-0.4, -0.2) is 4.57 Å². The van der Waals surface area contributed by atoms with E-state index in [9.17, 15) is 0 Å². The lowest BCUT2D eigenvalue weighted by atomic mass is 10.1. The molecule has 0 unspecified atom stereocenters. The molecular formula is C25H20N2. The van der Waals surface area contributed by atoms with Crippen LogP contribution < -0.4 is 4.90 Å². The maximum Gasteiger partial charge on any atom is 0.0733 e. The summed E-state index contributed by atoms with van der Waals surface area (Å²) in [5.74, 6) is 0. The van der Waals surface area contributed by atoms with Crippen LogP contribution in [0, 0.1) is 0 Å². The van der Waals surface area contributed by atoms with Crippen molar-refractivity contribution in [2.24, 2.45) is 7.05 Å². The molecule has 0 saturated heterocycles. The zero-order valence-electron chi connectivity index (χ0n) is 15.2. The lowest BCUT2D eigenvalue weighted by molar-refractivity contribution is 1.01. The Morgan fingerprint density at radius 3 is 1.78 bits per heavy atom. The summed E-state index contributed by atoms with van der Waals surface area (Å²) in [6.07, 6.45) is 0. The summed E-state index contributed by atoms with van der Waals surface area (Å²) in [5.41, 5.74) is 5.99. The molecule has 1 heterocycles. The summed E-state index contributed by atoms with van der Waals surface area (Å²) in [6, 6.07) is 36.3. The molecular weight excluding hydrogens is 328 g/mol. The summed E-state index contributed by atoms with van der Waals surface area (Å²) >= 11 is 0. The van der Waals surface area contributed by atoms with E-state index in [-0.39, 0.29) is 0 Å². The van der Waals surface area contributed by atoms with E-state index in [4.69, 9.17) is 0 Å². The second-order valence-electron chi connectivity index (χ2n) is 6.76. The van der Waals surface area contributed by atoms with E-state index < -0.39 is 0 Å². The molecule has 4 aromatic carbocycles. The van der Waals surface area contributed by atoms with Crippen LogP contribution in [0.2, 0.25) is 0 Å². The number of hydrogen-bond donors (Lipinski definition) is 0. The highest BCUT2D eigenvalue weighted by Crippen LogP contribution is 2.41. The molecule has 0 radical (unpaired) electrons. The largest absolute Gasteiger partial charge is 0.342 e. The number of benzene rings is 4. The number of fused-ring (bicyclic) bond motifs is 3. The van der Waals surface area contributed by atoms with Gasteiger partial charge < -0.3 is 9.47 Å². The molecule has 1 aromatic heterocycles. The molecule has 0 N–H and O–H groups in total. The van der Waals surface area contributed by atoms with E-state index in [1.165, 1.54) is 27.5 Å². The number of rotatable bonds is 3. The van der Waals surface area contributed by atoms with Crippen molar-refractivity contribution in [3.8, 4) is 0 Å².